The van der Waals surface area contributed by atoms with E-state index in [-0.39, 0.29) is 11.4 Å². The minimum Gasteiger partial charge on any atom is -0.507 e. The number of phenols is 1. The van der Waals surface area contributed by atoms with Crippen LogP contribution in [0.15, 0.2) is 41.4 Å². The molecule has 0 spiro atoms. The van der Waals surface area contributed by atoms with Gasteiger partial charge in [-0.3, -0.25) is 15.1 Å². The average molecular weight is 314 g/mol. The maximum atomic E-state index is 10.9. The molecule has 0 saturated heterocycles. The Bertz CT molecular complexity index is 741. The first-order valence-electron chi connectivity index (χ1n) is 7.26. The first kappa shape index (κ1) is 16.5. The molecule has 0 heterocycles. The van der Waals surface area contributed by atoms with Crippen molar-refractivity contribution in [2.45, 2.75) is 20.3 Å². The molecule has 1 N–H and O–H groups in total. The molecule has 0 saturated carbocycles. The minimum atomic E-state index is -0.439. The molecule has 23 heavy (non-hydrogen) atoms. The van der Waals surface area contributed by atoms with E-state index >= 15 is 0 Å². The summed E-state index contributed by atoms with van der Waals surface area (Å²) in [6, 6.07) is 9.67. The fourth-order valence-corrected chi connectivity index (χ4v) is 2.03. The van der Waals surface area contributed by atoms with E-state index in [0.717, 1.165) is 6.42 Å². The van der Waals surface area contributed by atoms with E-state index in [0.29, 0.717) is 29.2 Å². The van der Waals surface area contributed by atoms with Gasteiger partial charge in [0.25, 0.3) is 5.69 Å². The summed E-state index contributed by atoms with van der Waals surface area (Å²) in [6.07, 6.45) is 2.36. The van der Waals surface area contributed by atoms with Crippen LogP contribution in [-0.4, -0.2) is 22.9 Å². The van der Waals surface area contributed by atoms with Gasteiger partial charge in [-0.2, -0.15) is 0 Å². The zero-order valence-corrected chi connectivity index (χ0v) is 13.0. The molecule has 0 aliphatic carbocycles. The van der Waals surface area contributed by atoms with Crippen molar-refractivity contribution in [2.24, 2.45) is 4.99 Å². The van der Waals surface area contributed by atoms with Gasteiger partial charge in [0.15, 0.2) is 0 Å². The van der Waals surface area contributed by atoms with Gasteiger partial charge in [-0.05, 0) is 31.5 Å². The highest BCUT2D eigenvalue weighted by Crippen LogP contribution is 2.28. The predicted octanol–water partition coefficient (Wildman–Crippen LogP) is 4.15. The van der Waals surface area contributed by atoms with E-state index in [9.17, 15) is 15.2 Å². The van der Waals surface area contributed by atoms with E-state index in [1.807, 2.05) is 6.92 Å². The van der Waals surface area contributed by atoms with Crippen molar-refractivity contribution in [1.29, 1.82) is 0 Å². The zero-order valence-electron chi connectivity index (χ0n) is 13.0. The van der Waals surface area contributed by atoms with Gasteiger partial charge in [-0.1, -0.05) is 13.0 Å². The predicted molar refractivity (Wildman–Crippen MR) is 89.0 cm³/mol. The maximum absolute atomic E-state index is 10.9. The molecular weight excluding hydrogens is 296 g/mol. The van der Waals surface area contributed by atoms with E-state index in [1.54, 1.807) is 31.2 Å². The number of nitro benzene ring substituents is 1. The van der Waals surface area contributed by atoms with Crippen LogP contribution in [0.5, 0.6) is 11.5 Å². The SMILES string of the molecule is CCCOc1ccc(C=Nc2cccc([N+](=O)[O-])c2C)c(O)c1. The second-order valence-corrected chi connectivity index (χ2v) is 5.01. The summed E-state index contributed by atoms with van der Waals surface area (Å²) in [4.78, 5) is 14.7. The van der Waals surface area contributed by atoms with Crippen LogP contribution in [0.3, 0.4) is 0 Å². The number of nitrogens with zero attached hydrogens (tertiary/aromatic N) is 2. The summed E-state index contributed by atoms with van der Waals surface area (Å²) in [5, 5.41) is 20.9. The lowest BCUT2D eigenvalue weighted by atomic mass is 10.1. The summed E-state index contributed by atoms with van der Waals surface area (Å²) >= 11 is 0. The van der Waals surface area contributed by atoms with Crippen LogP contribution in [0, 0.1) is 17.0 Å². The molecule has 0 aliphatic rings. The number of ether oxygens (including phenoxy) is 1. The van der Waals surface area contributed by atoms with Crippen LogP contribution in [0.25, 0.3) is 0 Å². The molecule has 0 unspecified atom stereocenters. The number of benzene rings is 2. The number of aliphatic imine (C=N–C) groups is 1. The van der Waals surface area contributed by atoms with Gasteiger partial charge in [-0.15, -0.1) is 0 Å². The molecule has 6 nitrogen and oxygen atoms in total. The molecular formula is C17H18N2O4. The van der Waals surface area contributed by atoms with E-state index in [4.69, 9.17) is 4.74 Å². The first-order chi connectivity index (χ1) is 11.0. The molecule has 6 heteroatoms. The summed E-state index contributed by atoms with van der Waals surface area (Å²) in [6.45, 7) is 4.23. The fourth-order valence-electron chi connectivity index (χ4n) is 2.03. The average Bonchev–Trinajstić information content (AvgIpc) is 2.53. The number of aromatic hydroxyl groups is 1. The van der Waals surface area contributed by atoms with Crippen LogP contribution in [-0.2, 0) is 0 Å². The van der Waals surface area contributed by atoms with Crippen LogP contribution in [0.4, 0.5) is 11.4 Å². The van der Waals surface area contributed by atoms with Crippen molar-refractivity contribution in [2.75, 3.05) is 6.61 Å². The summed E-state index contributed by atoms with van der Waals surface area (Å²) < 4.78 is 5.44. The Morgan fingerprint density at radius 2 is 2.13 bits per heavy atom. The molecule has 2 aromatic rings. The van der Waals surface area contributed by atoms with Gasteiger partial charge in [-0.25, -0.2) is 0 Å². The quantitative estimate of drug-likeness (QED) is 0.493. The lowest BCUT2D eigenvalue weighted by Gasteiger charge is -2.06. The fraction of sp³-hybridized carbons (Fsp3) is 0.235. The first-order valence-corrected chi connectivity index (χ1v) is 7.26. The van der Waals surface area contributed by atoms with Gasteiger partial charge >= 0.3 is 0 Å². The molecule has 0 aliphatic heterocycles. The largest absolute Gasteiger partial charge is 0.507 e. The van der Waals surface area contributed by atoms with Gasteiger partial charge in [0.05, 0.1) is 22.8 Å². The molecule has 0 bridgehead atoms. The third kappa shape index (κ3) is 4.06. The molecule has 2 aromatic carbocycles. The van der Waals surface area contributed by atoms with Crippen molar-refractivity contribution >= 4 is 17.6 Å². The van der Waals surface area contributed by atoms with Crippen LogP contribution >= 0.6 is 0 Å². The lowest BCUT2D eigenvalue weighted by Crippen LogP contribution is -1.95. The van der Waals surface area contributed by atoms with Gasteiger partial charge in [0.2, 0.25) is 0 Å². The highest BCUT2D eigenvalue weighted by molar-refractivity contribution is 5.86. The van der Waals surface area contributed by atoms with Crippen molar-refractivity contribution in [3.63, 3.8) is 0 Å². The van der Waals surface area contributed by atoms with Gasteiger partial charge < -0.3 is 9.84 Å². The second-order valence-electron chi connectivity index (χ2n) is 5.01. The number of hydrogen-bond acceptors (Lipinski definition) is 5. The summed E-state index contributed by atoms with van der Waals surface area (Å²) in [5.41, 5.74) is 1.51. The van der Waals surface area contributed by atoms with Crippen LogP contribution in [0.2, 0.25) is 0 Å². The standard InChI is InChI=1S/C17H18N2O4/c1-3-9-23-14-8-7-13(17(20)10-14)11-18-15-5-4-6-16(12(15)2)19(21)22/h4-8,10-11,20H,3,9H2,1-2H3. The number of nitro groups is 1. The summed E-state index contributed by atoms with van der Waals surface area (Å²) in [7, 11) is 0. The van der Waals surface area contributed by atoms with Gasteiger partial charge in [0, 0.05) is 23.9 Å². The highest BCUT2D eigenvalue weighted by Gasteiger charge is 2.12. The normalized spacial score (nSPS) is 10.9. The topological polar surface area (TPSA) is 85.0 Å². The Kier molecular flexibility index (Phi) is 5.30. The van der Waals surface area contributed by atoms with Gasteiger partial charge in [0.1, 0.15) is 11.5 Å². The molecule has 0 aromatic heterocycles. The molecule has 0 radical (unpaired) electrons. The third-order valence-electron chi connectivity index (χ3n) is 3.29. The Morgan fingerprint density at radius 1 is 1.35 bits per heavy atom. The van der Waals surface area contributed by atoms with E-state index in [1.165, 1.54) is 18.3 Å². The molecule has 2 rings (SSSR count). The lowest BCUT2D eigenvalue weighted by molar-refractivity contribution is -0.385. The Morgan fingerprint density at radius 3 is 2.78 bits per heavy atom. The smallest absolute Gasteiger partial charge is 0.274 e. The third-order valence-corrected chi connectivity index (χ3v) is 3.29. The Balaban J connectivity index is 2.24. The number of hydrogen-bond donors (Lipinski definition) is 1. The maximum Gasteiger partial charge on any atom is 0.274 e. The molecule has 120 valence electrons. The van der Waals surface area contributed by atoms with Crippen molar-refractivity contribution in [3.05, 3.63) is 57.6 Å². The summed E-state index contributed by atoms with van der Waals surface area (Å²) in [5.74, 6) is 0.637. The Labute approximate surface area is 134 Å². The molecule has 0 fully saturated rings. The molecule has 0 amide bonds. The van der Waals surface area contributed by atoms with Crippen molar-refractivity contribution in [3.8, 4) is 11.5 Å². The Hall–Kier alpha value is -2.89. The van der Waals surface area contributed by atoms with E-state index < -0.39 is 4.92 Å². The highest BCUT2D eigenvalue weighted by atomic mass is 16.6. The number of rotatable bonds is 6. The zero-order chi connectivity index (χ0) is 16.8. The monoisotopic (exact) mass is 314 g/mol. The van der Waals surface area contributed by atoms with E-state index in [2.05, 4.69) is 4.99 Å². The minimum absolute atomic E-state index is 0.0205. The van der Waals surface area contributed by atoms with Crippen LogP contribution in [0.1, 0.15) is 24.5 Å². The second kappa shape index (κ2) is 7.40. The number of phenolic OH excluding ortho intramolecular Hbond substituents is 1. The molecule has 0 atom stereocenters. The van der Waals surface area contributed by atoms with Crippen LogP contribution < -0.4 is 4.74 Å². The van der Waals surface area contributed by atoms with Crippen molar-refractivity contribution in [1.82, 2.24) is 0 Å². The van der Waals surface area contributed by atoms with Crippen molar-refractivity contribution < 1.29 is 14.8 Å².